The number of nitro benzene ring substituents is 1. The Morgan fingerprint density at radius 2 is 1.93 bits per heavy atom. The maximum Gasteiger partial charge on any atom is 0.311 e. The molecule has 2 aromatic rings. The quantitative estimate of drug-likeness (QED) is 0.580. The molecule has 7 nitrogen and oxygen atoms in total. The topological polar surface area (TPSA) is 90.7 Å². The van der Waals surface area contributed by atoms with Gasteiger partial charge in [-0.1, -0.05) is 18.2 Å². The molecule has 3 rings (SSSR count). The highest BCUT2D eigenvalue weighted by atomic mass is 16.6. The van der Waals surface area contributed by atoms with Gasteiger partial charge in [-0.15, -0.1) is 0 Å². The van der Waals surface area contributed by atoms with Crippen LogP contribution in [0.3, 0.4) is 0 Å². The molecule has 0 saturated heterocycles. The summed E-state index contributed by atoms with van der Waals surface area (Å²) in [5.41, 5.74) is 3.70. The predicted molar refractivity (Wildman–Crippen MR) is 105 cm³/mol. The van der Waals surface area contributed by atoms with Gasteiger partial charge in [-0.25, -0.2) is 0 Å². The Balaban J connectivity index is 1.57. The summed E-state index contributed by atoms with van der Waals surface area (Å²) in [6, 6.07) is 10.4. The van der Waals surface area contributed by atoms with E-state index in [0.29, 0.717) is 5.75 Å². The molecule has 1 amide bonds. The van der Waals surface area contributed by atoms with Crippen LogP contribution in [-0.4, -0.2) is 24.5 Å². The van der Waals surface area contributed by atoms with Crippen LogP contribution in [0, 0.1) is 10.1 Å². The van der Waals surface area contributed by atoms with E-state index in [2.05, 4.69) is 23.5 Å². The van der Waals surface area contributed by atoms with E-state index in [-0.39, 0.29) is 30.0 Å². The molecule has 7 heteroatoms. The number of amides is 1. The monoisotopic (exact) mass is 384 g/mol. The van der Waals surface area contributed by atoms with Gasteiger partial charge < -0.3 is 14.8 Å². The lowest BCUT2D eigenvalue weighted by Gasteiger charge is -2.20. The summed E-state index contributed by atoms with van der Waals surface area (Å²) in [5.74, 6) is 0.159. The fourth-order valence-electron chi connectivity index (χ4n) is 3.44. The van der Waals surface area contributed by atoms with Gasteiger partial charge in [-0.05, 0) is 55.4 Å². The highest BCUT2D eigenvalue weighted by Crippen LogP contribution is 2.30. The van der Waals surface area contributed by atoms with Crippen LogP contribution in [-0.2, 0) is 17.6 Å². The Hall–Kier alpha value is -3.09. The van der Waals surface area contributed by atoms with Crippen molar-refractivity contribution in [2.45, 2.75) is 38.6 Å². The molecule has 148 valence electrons. The number of ether oxygens (including phenoxy) is 2. The number of hydrogen-bond acceptors (Lipinski definition) is 5. The Bertz CT molecular complexity index is 881. The maximum atomic E-state index is 12.2. The van der Waals surface area contributed by atoms with E-state index in [0.717, 1.165) is 18.4 Å². The van der Waals surface area contributed by atoms with Crippen molar-refractivity contribution in [2.24, 2.45) is 0 Å². The van der Waals surface area contributed by atoms with Crippen LogP contribution in [0.25, 0.3) is 0 Å². The van der Waals surface area contributed by atoms with Crippen LogP contribution in [0.4, 0.5) is 5.69 Å². The van der Waals surface area contributed by atoms with Crippen molar-refractivity contribution in [2.75, 3.05) is 13.7 Å². The molecule has 1 aliphatic carbocycles. The van der Waals surface area contributed by atoms with Crippen molar-refractivity contribution in [1.29, 1.82) is 0 Å². The van der Waals surface area contributed by atoms with Crippen LogP contribution in [0.1, 0.15) is 42.5 Å². The SMILES string of the molecule is COc1cc(OCC(=O)N[C@H](C)c2ccc3c(c2)CCCC3)ccc1[N+](=O)[O-]. The summed E-state index contributed by atoms with van der Waals surface area (Å²) in [4.78, 5) is 22.6. The zero-order valence-corrected chi connectivity index (χ0v) is 16.1. The van der Waals surface area contributed by atoms with E-state index < -0.39 is 4.92 Å². The zero-order valence-electron chi connectivity index (χ0n) is 16.1. The van der Waals surface area contributed by atoms with E-state index in [1.807, 2.05) is 6.92 Å². The first-order valence-electron chi connectivity index (χ1n) is 9.34. The summed E-state index contributed by atoms with van der Waals surface area (Å²) < 4.78 is 10.5. The summed E-state index contributed by atoms with van der Waals surface area (Å²) >= 11 is 0. The van der Waals surface area contributed by atoms with Crippen LogP contribution >= 0.6 is 0 Å². The maximum absolute atomic E-state index is 12.2. The molecular weight excluding hydrogens is 360 g/mol. The standard InChI is InChI=1S/C21H24N2O5/c1-14(16-8-7-15-5-3-4-6-17(15)11-16)22-21(24)13-28-18-9-10-19(23(25)26)20(12-18)27-2/h7-12,14H,3-6,13H2,1-2H3,(H,22,24)/t14-/m1/s1. The van der Waals surface area contributed by atoms with E-state index in [9.17, 15) is 14.9 Å². The lowest BCUT2D eigenvalue weighted by atomic mass is 9.89. The first-order chi connectivity index (χ1) is 13.5. The van der Waals surface area contributed by atoms with Crippen molar-refractivity contribution < 1.29 is 19.2 Å². The number of methoxy groups -OCH3 is 1. The Morgan fingerprint density at radius 3 is 2.64 bits per heavy atom. The minimum Gasteiger partial charge on any atom is -0.490 e. The molecule has 0 bridgehead atoms. The van der Waals surface area contributed by atoms with Gasteiger partial charge in [0.1, 0.15) is 5.75 Å². The number of rotatable bonds is 7. The fourth-order valence-corrected chi connectivity index (χ4v) is 3.44. The van der Waals surface area contributed by atoms with Crippen LogP contribution < -0.4 is 14.8 Å². The molecule has 0 unspecified atom stereocenters. The smallest absolute Gasteiger partial charge is 0.311 e. The summed E-state index contributed by atoms with van der Waals surface area (Å²) in [6.07, 6.45) is 4.67. The van der Waals surface area contributed by atoms with Gasteiger partial charge in [0.05, 0.1) is 18.1 Å². The second kappa shape index (κ2) is 8.73. The first-order valence-corrected chi connectivity index (χ1v) is 9.34. The van der Waals surface area contributed by atoms with Crippen LogP contribution in [0.2, 0.25) is 0 Å². The minimum absolute atomic E-state index is 0.0883. The van der Waals surface area contributed by atoms with Gasteiger partial charge in [-0.3, -0.25) is 14.9 Å². The number of hydrogen-bond donors (Lipinski definition) is 1. The number of benzene rings is 2. The third kappa shape index (κ3) is 4.60. The molecule has 1 atom stereocenters. The van der Waals surface area contributed by atoms with Gasteiger partial charge in [0, 0.05) is 12.1 Å². The molecule has 0 saturated carbocycles. The van der Waals surface area contributed by atoms with Gasteiger partial charge in [0.25, 0.3) is 5.91 Å². The normalized spacial score (nSPS) is 13.9. The van der Waals surface area contributed by atoms with E-state index >= 15 is 0 Å². The van der Waals surface area contributed by atoms with E-state index in [1.54, 1.807) is 0 Å². The average molecular weight is 384 g/mol. The predicted octanol–water partition coefficient (Wildman–Crippen LogP) is 3.74. The molecule has 28 heavy (non-hydrogen) atoms. The number of carbonyl (C=O) groups excluding carboxylic acids is 1. The van der Waals surface area contributed by atoms with Gasteiger partial charge >= 0.3 is 5.69 Å². The summed E-state index contributed by atoms with van der Waals surface area (Å²) in [6.45, 7) is 1.76. The summed E-state index contributed by atoms with van der Waals surface area (Å²) in [7, 11) is 1.35. The van der Waals surface area contributed by atoms with Crippen LogP contribution in [0.15, 0.2) is 36.4 Å². The average Bonchev–Trinajstić information content (AvgIpc) is 2.71. The largest absolute Gasteiger partial charge is 0.490 e. The third-order valence-electron chi connectivity index (χ3n) is 4.97. The van der Waals surface area contributed by atoms with E-state index in [4.69, 9.17) is 9.47 Å². The van der Waals surface area contributed by atoms with Crippen molar-refractivity contribution in [3.8, 4) is 11.5 Å². The van der Waals surface area contributed by atoms with Crippen molar-refractivity contribution in [1.82, 2.24) is 5.32 Å². The molecule has 0 aromatic heterocycles. The Kier molecular flexibility index (Phi) is 6.13. The molecular formula is C21H24N2O5. The molecule has 1 aliphatic rings. The lowest BCUT2D eigenvalue weighted by molar-refractivity contribution is -0.385. The lowest BCUT2D eigenvalue weighted by Crippen LogP contribution is -2.31. The molecule has 0 aliphatic heterocycles. The van der Waals surface area contributed by atoms with Gasteiger partial charge in [0.15, 0.2) is 6.61 Å². The summed E-state index contributed by atoms with van der Waals surface area (Å²) in [5, 5.41) is 13.9. The zero-order chi connectivity index (χ0) is 20.1. The molecule has 0 fully saturated rings. The second-order valence-corrected chi connectivity index (χ2v) is 6.90. The molecule has 0 spiro atoms. The van der Waals surface area contributed by atoms with E-state index in [1.165, 1.54) is 49.3 Å². The molecule has 1 N–H and O–H groups in total. The number of fused-ring (bicyclic) bond motifs is 1. The number of nitro groups is 1. The van der Waals surface area contributed by atoms with Crippen molar-refractivity contribution in [3.63, 3.8) is 0 Å². The Labute approximate surface area is 163 Å². The van der Waals surface area contributed by atoms with Crippen molar-refractivity contribution >= 4 is 11.6 Å². The number of nitrogens with zero attached hydrogens (tertiary/aromatic N) is 1. The molecule has 0 radical (unpaired) electrons. The molecule has 2 aromatic carbocycles. The highest BCUT2D eigenvalue weighted by Gasteiger charge is 2.17. The fraction of sp³-hybridized carbons (Fsp3) is 0.381. The number of aryl methyl sites for hydroxylation is 2. The second-order valence-electron chi connectivity index (χ2n) is 6.90. The minimum atomic E-state index is -0.532. The Morgan fingerprint density at radius 1 is 1.18 bits per heavy atom. The number of carbonyl (C=O) groups is 1. The van der Waals surface area contributed by atoms with Crippen molar-refractivity contribution in [3.05, 3.63) is 63.2 Å². The van der Waals surface area contributed by atoms with Gasteiger partial charge in [-0.2, -0.15) is 0 Å². The van der Waals surface area contributed by atoms with Crippen LogP contribution in [0.5, 0.6) is 11.5 Å². The number of nitrogens with one attached hydrogen (secondary N) is 1. The first kappa shape index (κ1) is 19.7. The molecule has 0 heterocycles. The third-order valence-corrected chi connectivity index (χ3v) is 4.97. The van der Waals surface area contributed by atoms with Gasteiger partial charge in [0.2, 0.25) is 5.75 Å². The highest BCUT2D eigenvalue weighted by molar-refractivity contribution is 5.78.